The average Bonchev–Trinajstić information content (AvgIpc) is 2.92. The van der Waals surface area contributed by atoms with Crippen molar-refractivity contribution in [1.29, 1.82) is 0 Å². The van der Waals surface area contributed by atoms with Gasteiger partial charge in [-0.2, -0.15) is 5.10 Å². The van der Waals surface area contributed by atoms with Crippen LogP contribution in [0, 0.1) is 5.92 Å². The van der Waals surface area contributed by atoms with Crippen LogP contribution >= 0.6 is 0 Å². The van der Waals surface area contributed by atoms with Gasteiger partial charge in [-0.1, -0.05) is 20.3 Å². The minimum absolute atomic E-state index is 0.103. The molecule has 17 heavy (non-hydrogen) atoms. The molecule has 2 atom stereocenters. The van der Waals surface area contributed by atoms with E-state index >= 15 is 0 Å². The molecule has 3 nitrogen and oxygen atoms in total. The van der Waals surface area contributed by atoms with Gasteiger partial charge in [-0.15, -0.1) is 0 Å². The number of hydrogen-bond acceptors (Lipinski definition) is 2. The van der Waals surface area contributed by atoms with E-state index in [2.05, 4.69) is 35.9 Å². The van der Waals surface area contributed by atoms with Crippen molar-refractivity contribution in [1.82, 2.24) is 9.78 Å². The van der Waals surface area contributed by atoms with Gasteiger partial charge in [-0.25, -0.2) is 0 Å². The Bertz CT molecular complexity index is 344. The number of rotatable bonds is 5. The number of aliphatic hydroxyl groups is 1. The van der Waals surface area contributed by atoms with Gasteiger partial charge in [0, 0.05) is 6.20 Å². The standard InChI is InChI=1S/C14H24N2O/c1-3-13(4-2)16-9-8-12(15-16)10-11-6-5-7-14(11)17/h8-9,11,13-14,17H,3-7,10H2,1-2H3. The van der Waals surface area contributed by atoms with Crippen molar-refractivity contribution in [2.24, 2.45) is 5.92 Å². The highest BCUT2D eigenvalue weighted by molar-refractivity contribution is 5.02. The van der Waals surface area contributed by atoms with Gasteiger partial charge in [0.25, 0.3) is 0 Å². The monoisotopic (exact) mass is 236 g/mol. The Morgan fingerprint density at radius 3 is 2.76 bits per heavy atom. The topological polar surface area (TPSA) is 38.0 Å². The summed E-state index contributed by atoms with van der Waals surface area (Å²) in [7, 11) is 0. The highest BCUT2D eigenvalue weighted by Gasteiger charge is 2.26. The third kappa shape index (κ3) is 2.89. The predicted molar refractivity (Wildman–Crippen MR) is 68.9 cm³/mol. The second kappa shape index (κ2) is 5.67. The second-order valence-corrected chi connectivity index (χ2v) is 5.22. The van der Waals surface area contributed by atoms with E-state index in [1.54, 1.807) is 0 Å². The van der Waals surface area contributed by atoms with Crippen molar-refractivity contribution >= 4 is 0 Å². The van der Waals surface area contributed by atoms with Gasteiger partial charge in [0.05, 0.1) is 17.8 Å². The van der Waals surface area contributed by atoms with Crippen molar-refractivity contribution in [3.63, 3.8) is 0 Å². The highest BCUT2D eigenvalue weighted by atomic mass is 16.3. The Labute approximate surface area is 104 Å². The molecule has 1 saturated carbocycles. The zero-order valence-corrected chi connectivity index (χ0v) is 11.0. The van der Waals surface area contributed by atoms with Crippen molar-refractivity contribution < 1.29 is 5.11 Å². The van der Waals surface area contributed by atoms with E-state index in [-0.39, 0.29) is 6.10 Å². The van der Waals surface area contributed by atoms with Gasteiger partial charge >= 0.3 is 0 Å². The summed E-state index contributed by atoms with van der Waals surface area (Å²) in [4.78, 5) is 0. The van der Waals surface area contributed by atoms with Crippen LogP contribution in [0.25, 0.3) is 0 Å². The lowest BCUT2D eigenvalue weighted by molar-refractivity contribution is 0.132. The van der Waals surface area contributed by atoms with E-state index in [1.807, 2.05) is 0 Å². The summed E-state index contributed by atoms with van der Waals surface area (Å²) < 4.78 is 2.09. The van der Waals surface area contributed by atoms with Gasteiger partial charge in [-0.05, 0) is 44.1 Å². The molecular weight excluding hydrogens is 212 g/mol. The fourth-order valence-corrected chi connectivity index (χ4v) is 2.88. The van der Waals surface area contributed by atoms with Crippen LogP contribution in [0.4, 0.5) is 0 Å². The minimum Gasteiger partial charge on any atom is -0.393 e. The summed E-state index contributed by atoms with van der Waals surface area (Å²) >= 11 is 0. The Balaban J connectivity index is 1.98. The Morgan fingerprint density at radius 2 is 2.18 bits per heavy atom. The molecule has 0 amide bonds. The minimum atomic E-state index is -0.103. The summed E-state index contributed by atoms with van der Waals surface area (Å²) in [6.07, 6.45) is 8.47. The maximum absolute atomic E-state index is 9.82. The predicted octanol–water partition coefficient (Wildman–Crippen LogP) is 2.95. The van der Waals surface area contributed by atoms with Crippen molar-refractivity contribution in [2.75, 3.05) is 0 Å². The van der Waals surface area contributed by atoms with Gasteiger partial charge in [-0.3, -0.25) is 4.68 Å². The lowest BCUT2D eigenvalue weighted by Crippen LogP contribution is -2.16. The molecular formula is C14H24N2O. The van der Waals surface area contributed by atoms with Crippen LogP contribution in [-0.4, -0.2) is 21.0 Å². The SMILES string of the molecule is CCC(CC)n1ccc(CC2CCCC2O)n1. The molecule has 96 valence electrons. The van der Waals surface area contributed by atoms with Gasteiger partial charge in [0.15, 0.2) is 0 Å². The van der Waals surface area contributed by atoms with Crippen LogP contribution in [0.1, 0.15) is 57.7 Å². The molecule has 0 saturated heterocycles. The third-order valence-corrected chi connectivity index (χ3v) is 4.07. The van der Waals surface area contributed by atoms with E-state index < -0.39 is 0 Å². The quantitative estimate of drug-likeness (QED) is 0.853. The van der Waals surface area contributed by atoms with Crippen molar-refractivity contribution in [2.45, 2.75) is 64.5 Å². The zero-order chi connectivity index (χ0) is 12.3. The van der Waals surface area contributed by atoms with Crippen LogP contribution < -0.4 is 0 Å². The van der Waals surface area contributed by atoms with Gasteiger partial charge in [0.1, 0.15) is 0 Å². The van der Waals surface area contributed by atoms with Crippen LogP contribution in [-0.2, 0) is 6.42 Å². The normalized spacial score (nSPS) is 24.7. The summed E-state index contributed by atoms with van der Waals surface area (Å²) in [6, 6.07) is 2.64. The van der Waals surface area contributed by atoms with Crippen LogP contribution in [0.5, 0.6) is 0 Å². The highest BCUT2D eigenvalue weighted by Crippen LogP contribution is 2.28. The summed E-state index contributed by atoms with van der Waals surface area (Å²) in [5.74, 6) is 0.431. The molecule has 1 fully saturated rings. The molecule has 1 aliphatic rings. The molecule has 0 aromatic carbocycles. The first-order chi connectivity index (χ1) is 8.24. The molecule has 0 spiro atoms. The first-order valence-electron chi connectivity index (χ1n) is 6.96. The zero-order valence-electron chi connectivity index (χ0n) is 11.0. The lowest BCUT2D eigenvalue weighted by Gasteiger charge is -2.14. The van der Waals surface area contributed by atoms with Crippen LogP contribution in [0.15, 0.2) is 12.3 Å². The average molecular weight is 236 g/mol. The molecule has 1 N–H and O–H groups in total. The molecule has 1 heterocycles. The third-order valence-electron chi connectivity index (χ3n) is 4.07. The smallest absolute Gasteiger partial charge is 0.0628 e. The van der Waals surface area contributed by atoms with E-state index in [0.717, 1.165) is 37.8 Å². The molecule has 0 aliphatic heterocycles. The van der Waals surface area contributed by atoms with Gasteiger partial charge < -0.3 is 5.11 Å². The molecule has 0 bridgehead atoms. The largest absolute Gasteiger partial charge is 0.393 e. The van der Waals surface area contributed by atoms with Crippen molar-refractivity contribution in [3.05, 3.63) is 18.0 Å². The molecule has 3 heteroatoms. The maximum Gasteiger partial charge on any atom is 0.0628 e. The van der Waals surface area contributed by atoms with E-state index in [4.69, 9.17) is 0 Å². The lowest BCUT2D eigenvalue weighted by atomic mass is 10.00. The Hall–Kier alpha value is -0.830. The Kier molecular flexibility index (Phi) is 4.21. The van der Waals surface area contributed by atoms with Crippen molar-refractivity contribution in [3.8, 4) is 0 Å². The van der Waals surface area contributed by atoms with E-state index in [0.29, 0.717) is 12.0 Å². The summed E-state index contributed by atoms with van der Waals surface area (Å²) in [5, 5.41) is 14.5. The molecule has 0 radical (unpaired) electrons. The summed E-state index contributed by atoms with van der Waals surface area (Å²) in [6.45, 7) is 4.41. The number of hydrogen-bond donors (Lipinski definition) is 1. The Morgan fingerprint density at radius 1 is 1.41 bits per heavy atom. The molecule has 2 unspecified atom stereocenters. The second-order valence-electron chi connectivity index (χ2n) is 5.22. The molecule has 1 aromatic rings. The number of nitrogens with zero attached hydrogens (tertiary/aromatic N) is 2. The first-order valence-corrected chi connectivity index (χ1v) is 6.96. The number of aliphatic hydroxyl groups excluding tert-OH is 1. The van der Waals surface area contributed by atoms with Crippen LogP contribution in [0.3, 0.4) is 0 Å². The van der Waals surface area contributed by atoms with E-state index in [9.17, 15) is 5.11 Å². The number of aromatic nitrogens is 2. The van der Waals surface area contributed by atoms with Crippen LogP contribution in [0.2, 0.25) is 0 Å². The molecule has 1 aromatic heterocycles. The summed E-state index contributed by atoms with van der Waals surface area (Å²) in [5.41, 5.74) is 1.14. The fraction of sp³-hybridized carbons (Fsp3) is 0.786. The molecule has 2 rings (SSSR count). The first kappa shape index (κ1) is 12.6. The maximum atomic E-state index is 9.82. The van der Waals surface area contributed by atoms with E-state index in [1.165, 1.54) is 6.42 Å². The van der Waals surface area contributed by atoms with Gasteiger partial charge in [0.2, 0.25) is 0 Å². The molecule has 1 aliphatic carbocycles. The fourth-order valence-electron chi connectivity index (χ4n) is 2.88.